The highest BCUT2D eigenvalue weighted by molar-refractivity contribution is 5.66. The molecule has 0 aromatic carbocycles. The van der Waals surface area contributed by atoms with Crippen LogP contribution < -0.4 is 5.32 Å². The van der Waals surface area contributed by atoms with Crippen LogP contribution in [0.5, 0.6) is 0 Å². The van der Waals surface area contributed by atoms with Gasteiger partial charge in [0, 0.05) is 6.54 Å². The first-order chi connectivity index (χ1) is 5.66. The molecule has 0 aromatic heterocycles. The third-order valence-corrected chi connectivity index (χ3v) is 1.66. The Kier molecular flexibility index (Phi) is 6.53. The molecule has 0 radical (unpaired) electrons. The van der Waals surface area contributed by atoms with E-state index in [0.29, 0.717) is 0 Å². The van der Waals surface area contributed by atoms with Gasteiger partial charge < -0.3 is 10.1 Å². The Bertz CT molecular complexity index is 124. The van der Waals surface area contributed by atoms with Crippen molar-refractivity contribution in [2.75, 3.05) is 13.7 Å². The molecular weight excluding hydrogens is 154 g/mol. The fourth-order valence-corrected chi connectivity index (χ4v) is 0.940. The van der Waals surface area contributed by atoms with Crippen LogP contribution in [-0.2, 0) is 4.74 Å². The van der Waals surface area contributed by atoms with E-state index in [1.165, 1.54) is 20.0 Å². The Morgan fingerprint density at radius 2 is 2.08 bits per heavy atom. The molecule has 0 unspecified atom stereocenters. The van der Waals surface area contributed by atoms with E-state index in [0.717, 1.165) is 18.9 Å². The van der Waals surface area contributed by atoms with E-state index in [2.05, 4.69) is 23.9 Å². The summed E-state index contributed by atoms with van der Waals surface area (Å²) < 4.78 is 4.43. The molecule has 0 fully saturated rings. The van der Waals surface area contributed by atoms with E-state index in [-0.39, 0.29) is 6.09 Å². The van der Waals surface area contributed by atoms with Crippen LogP contribution in [0.3, 0.4) is 0 Å². The van der Waals surface area contributed by atoms with Crippen molar-refractivity contribution in [1.82, 2.24) is 5.32 Å². The number of hydrogen-bond donors (Lipinski definition) is 1. The largest absolute Gasteiger partial charge is 0.453 e. The third-order valence-electron chi connectivity index (χ3n) is 1.66. The number of amides is 1. The van der Waals surface area contributed by atoms with Gasteiger partial charge in [-0.25, -0.2) is 4.79 Å². The summed E-state index contributed by atoms with van der Waals surface area (Å²) in [5, 5.41) is 2.64. The Balaban J connectivity index is 3.05. The van der Waals surface area contributed by atoms with Crippen molar-refractivity contribution in [3.8, 4) is 0 Å². The number of methoxy groups -OCH3 is 1. The fourth-order valence-electron chi connectivity index (χ4n) is 0.940. The van der Waals surface area contributed by atoms with Crippen molar-refractivity contribution >= 4 is 6.09 Å². The molecule has 0 heterocycles. The van der Waals surface area contributed by atoms with Gasteiger partial charge in [0.25, 0.3) is 0 Å². The van der Waals surface area contributed by atoms with Gasteiger partial charge >= 0.3 is 6.09 Å². The van der Waals surface area contributed by atoms with Crippen LogP contribution in [0.4, 0.5) is 4.79 Å². The van der Waals surface area contributed by atoms with Crippen LogP contribution in [0, 0.1) is 5.92 Å². The molecule has 0 atom stereocenters. The first-order valence-corrected chi connectivity index (χ1v) is 4.48. The van der Waals surface area contributed by atoms with Crippen molar-refractivity contribution in [3.05, 3.63) is 0 Å². The lowest BCUT2D eigenvalue weighted by molar-refractivity contribution is 0.171. The van der Waals surface area contributed by atoms with Crippen molar-refractivity contribution in [1.29, 1.82) is 0 Å². The Labute approximate surface area is 74.5 Å². The molecule has 0 aliphatic heterocycles. The number of hydrogen-bond acceptors (Lipinski definition) is 2. The van der Waals surface area contributed by atoms with Crippen LogP contribution >= 0.6 is 0 Å². The number of carbonyl (C=O) groups is 1. The maximum absolute atomic E-state index is 10.6. The molecule has 0 saturated heterocycles. The second-order valence-electron chi connectivity index (χ2n) is 3.31. The highest BCUT2D eigenvalue weighted by Gasteiger charge is 1.97. The molecule has 0 aliphatic carbocycles. The average molecular weight is 173 g/mol. The minimum absolute atomic E-state index is 0.334. The topological polar surface area (TPSA) is 38.3 Å². The molecule has 0 rings (SSSR count). The van der Waals surface area contributed by atoms with E-state index in [4.69, 9.17) is 0 Å². The predicted molar refractivity (Wildman–Crippen MR) is 49.1 cm³/mol. The van der Waals surface area contributed by atoms with Gasteiger partial charge in [-0.1, -0.05) is 26.7 Å². The summed E-state index contributed by atoms with van der Waals surface area (Å²) in [5.74, 6) is 0.753. The molecule has 0 spiro atoms. The van der Waals surface area contributed by atoms with E-state index in [1.807, 2.05) is 0 Å². The summed E-state index contributed by atoms with van der Waals surface area (Å²) >= 11 is 0. The minimum atomic E-state index is -0.334. The molecule has 0 aliphatic rings. The SMILES string of the molecule is COC(=O)NCCCCC(C)C. The maximum Gasteiger partial charge on any atom is 0.406 e. The summed E-state index contributed by atoms with van der Waals surface area (Å²) in [7, 11) is 1.38. The maximum atomic E-state index is 10.6. The molecule has 72 valence electrons. The van der Waals surface area contributed by atoms with E-state index in [9.17, 15) is 4.79 Å². The molecule has 0 bridgehead atoms. The normalized spacial score (nSPS) is 10.0. The summed E-state index contributed by atoms with van der Waals surface area (Å²) in [6.45, 7) is 5.13. The molecule has 3 heteroatoms. The van der Waals surface area contributed by atoms with E-state index < -0.39 is 0 Å². The van der Waals surface area contributed by atoms with Crippen LogP contribution in [0.15, 0.2) is 0 Å². The summed E-state index contributed by atoms with van der Waals surface area (Å²) in [5.41, 5.74) is 0. The number of carbonyl (C=O) groups excluding carboxylic acids is 1. The molecule has 12 heavy (non-hydrogen) atoms. The zero-order valence-corrected chi connectivity index (χ0v) is 8.22. The average Bonchev–Trinajstić information content (AvgIpc) is 2.03. The molecule has 0 saturated carbocycles. The Hall–Kier alpha value is -0.730. The number of ether oxygens (including phenoxy) is 1. The second kappa shape index (κ2) is 6.95. The molecule has 0 aromatic rings. The first-order valence-electron chi connectivity index (χ1n) is 4.48. The zero-order valence-electron chi connectivity index (χ0n) is 8.22. The van der Waals surface area contributed by atoms with Gasteiger partial charge in [0.15, 0.2) is 0 Å². The van der Waals surface area contributed by atoms with Gasteiger partial charge in [-0.15, -0.1) is 0 Å². The second-order valence-corrected chi connectivity index (χ2v) is 3.31. The van der Waals surface area contributed by atoms with Crippen molar-refractivity contribution < 1.29 is 9.53 Å². The van der Waals surface area contributed by atoms with Gasteiger partial charge in [0.2, 0.25) is 0 Å². The number of nitrogens with one attached hydrogen (secondary N) is 1. The first kappa shape index (κ1) is 11.3. The van der Waals surface area contributed by atoms with Gasteiger partial charge in [-0.05, 0) is 12.3 Å². The van der Waals surface area contributed by atoms with Crippen molar-refractivity contribution in [2.45, 2.75) is 33.1 Å². The van der Waals surface area contributed by atoms with Crippen LogP contribution in [0.25, 0.3) is 0 Å². The number of rotatable bonds is 5. The van der Waals surface area contributed by atoms with Gasteiger partial charge in [-0.2, -0.15) is 0 Å². The highest BCUT2D eigenvalue weighted by Crippen LogP contribution is 2.04. The van der Waals surface area contributed by atoms with E-state index in [1.54, 1.807) is 0 Å². The van der Waals surface area contributed by atoms with Crippen LogP contribution in [0.1, 0.15) is 33.1 Å². The molecule has 1 N–H and O–H groups in total. The third kappa shape index (κ3) is 7.38. The standard InChI is InChI=1S/C9H19NO2/c1-8(2)6-4-5-7-10-9(11)12-3/h8H,4-7H2,1-3H3,(H,10,11). The molecule has 1 amide bonds. The highest BCUT2D eigenvalue weighted by atomic mass is 16.5. The van der Waals surface area contributed by atoms with Crippen LogP contribution in [0.2, 0.25) is 0 Å². The summed E-state index contributed by atoms with van der Waals surface area (Å²) in [6.07, 6.45) is 3.09. The van der Waals surface area contributed by atoms with Gasteiger partial charge in [0.1, 0.15) is 0 Å². The fraction of sp³-hybridized carbons (Fsp3) is 0.889. The monoisotopic (exact) mass is 173 g/mol. The lowest BCUT2D eigenvalue weighted by Crippen LogP contribution is -2.23. The van der Waals surface area contributed by atoms with Crippen molar-refractivity contribution in [3.63, 3.8) is 0 Å². The lowest BCUT2D eigenvalue weighted by Gasteiger charge is -2.04. The molecule has 3 nitrogen and oxygen atoms in total. The number of alkyl carbamates (subject to hydrolysis) is 1. The smallest absolute Gasteiger partial charge is 0.406 e. The Morgan fingerprint density at radius 1 is 1.42 bits per heavy atom. The predicted octanol–water partition coefficient (Wildman–Crippen LogP) is 2.17. The summed E-state index contributed by atoms with van der Waals surface area (Å²) in [4.78, 5) is 10.6. The minimum Gasteiger partial charge on any atom is -0.453 e. The quantitative estimate of drug-likeness (QED) is 0.647. The molecular formula is C9H19NO2. The van der Waals surface area contributed by atoms with Gasteiger partial charge in [0.05, 0.1) is 7.11 Å². The van der Waals surface area contributed by atoms with Gasteiger partial charge in [-0.3, -0.25) is 0 Å². The zero-order chi connectivity index (χ0) is 9.40. The Morgan fingerprint density at radius 3 is 2.58 bits per heavy atom. The lowest BCUT2D eigenvalue weighted by atomic mass is 10.1. The summed E-state index contributed by atoms with van der Waals surface area (Å²) in [6, 6.07) is 0. The number of unbranched alkanes of at least 4 members (excludes halogenated alkanes) is 1. The van der Waals surface area contributed by atoms with Crippen LogP contribution in [-0.4, -0.2) is 19.7 Å². The van der Waals surface area contributed by atoms with E-state index >= 15 is 0 Å². The van der Waals surface area contributed by atoms with Crippen molar-refractivity contribution in [2.24, 2.45) is 5.92 Å².